The quantitative estimate of drug-likeness (QED) is 0.305. The summed E-state index contributed by atoms with van der Waals surface area (Å²) < 4.78 is 2.44. The van der Waals surface area contributed by atoms with Crippen LogP contribution in [0.15, 0.2) is 57.8 Å². The van der Waals surface area contributed by atoms with Crippen LogP contribution < -0.4 is 10.9 Å². The molecule has 1 aliphatic heterocycles. The number of nitro groups is 1. The molecule has 2 aromatic carbocycles. The largest absolute Gasteiger partial charge is 0.318 e. The van der Waals surface area contributed by atoms with Crippen LogP contribution in [0.5, 0.6) is 0 Å². The van der Waals surface area contributed by atoms with E-state index >= 15 is 0 Å². The minimum Gasteiger partial charge on any atom is -0.318 e. The first-order valence-electron chi connectivity index (χ1n) is 8.70. The number of fused-ring (bicyclic) bond motifs is 2. The first-order chi connectivity index (χ1) is 14.5. The molecule has 2 N–H and O–H groups in total. The Morgan fingerprint density at radius 3 is 2.73 bits per heavy atom. The van der Waals surface area contributed by atoms with Gasteiger partial charge in [-0.3, -0.25) is 14.9 Å². The van der Waals surface area contributed by atoms with E-state index in [1.54, 1.807) is 16.8 Å². The van der Waals surface area contributed by atoms with Gasteiger partial charge < -0.3 is 5.32 Å². The van der Waals surface area contributed by atoms with Crippen molar-refractivity contribution in [2.45, 2.75) is 6.04 Å². The van der Waals surface area contributed by atoms with Gasteiger partial charge >= 0.3 is 0 Å². The maximum Gasteiger partial charge on any atom is 0.288 e. The monoisotopic (exact) mass is 466 g/mol. The molecule has 0 amide bonds. The molecule has 3 heterocycles. The lowest BCUT2D eigenvalue weighted by Crippen LogP contribution is -2.29. The highest BCUT2D eigenvalue weighted by molar-refractivity contribution is 9.10. The molecule has 0 bridgehead atoms. The molecule has 0 saturated carbocycles. The molecule has 0 spiro atoms. The van der Waals surface area contributed by atoms with Gasteiger partial charge in [0.25, 0.3) is 11.2 Å². The van der Waals surface area contributed by atoms with Gasteiger partial charge in [-0.25, -0.2) is 5.10 Å². The normalized spacial score (nSPS) is 14.5. The zero-order valence-electron chi connectivity index (χ0n) is 15.0. The molecule has 0 aliphatic carbocycles. The van der Waals surface area contributed by atoms with Gasteiger partial charge in [0.2, 0.25) is 5.95 Å². The number of tetrazole rings is 1. The Balaban J connectivity index is 1.80. The van der Waals surface area contributed by atoms with Gasteiger partial charge in [-0.15, -0.1) is 0 Å². The van der Waals surface area contributed by atoms with Crippen LogP contribution >= 0.6 is 15.9 Å². The highest BCUT2D eigenvalue weighted by Gasteiger charge is 2.34. The predicted octanol–water partition coefficient (Wildman–Crippen LogP) is 2.79. The Bertz CT molecular complexity index is 1350. The Hall–Kier alpha value is -3.93. The van der Waals surface area contributed by atoms with Gasteiger partial charge in [-0.05, 0) is 28.1 Å². The molecule has 2 aromatic heterocycles. The van der Waals surface area contributed by atoms with Gasteiger partial charge in [0, 0.05) is 27.7 Å². The Kier molecular flexibility index (Phi) is 4.13. The van der Waals surface area contributed by atoms with Gasteiger partial charge in [-0.2, -0.15) is 9.78 Å². The number of anilines is 2. The van der Waals surface area contributed by atoms with Crippen LogP contribution in [0.3, 0.4) is 0 Å². The molecule has 12 heteroatoms. The van der Waals surface area contributed by atoms with Crippen molar-refractivity contribution in [2.75, 3.05) is 5.32 Å². The molecule has 4 aromatic rings. The average Bonchev–Trinajstić information content (AvgIpc) is 3.22. The summed E-state index contributed by atoms with van der Waals surface area (Å²) in [6.07, 6.45) is 0. The SMILES string of the molecule is O=c1[nH]nc(-c2cccc([N+](=O)[O-])c2)c2c1Nc1nnnn1C2c1ccc(Br)cc1. The van der Waals surface area contributed by atoms with Crippen molar-refractivity contribution in [1.29, 1.82) is 0 Å². The number of hydrogen-bond acceptors (Lipinski definition) is 8. The van der Waals surface area contributed by atoms with Crippen molar-refractivity contribution in [2.24, 2.45) is 0 Å². The number of nitrogens with one attached hydrogen (secondary N) is 2. The molecular formula is C18H11BrN8O3. The number of aromatic amines is 1. The molecule has 1 atom stereocenters. The van der Waals surface area contributed by atoms with Crippen LogP contribution in [-0.2, 0) is 0 Å². The minimum absolute atomic E-state index is 0.0821. The summed E-state index contributed by atoms with van der Waals surface area (Å²) in [5.74, 6) is 0.303. The van der Waals surface area contributed by atoms with E-state index in [2.05, 4.69) is 47.0 Å². The van der Waals surface area contributed by atoms with E-state index in [0.717, 1.165) is 10.0 Å². The number of non-ortho nitro benzene ring substituents is 1. The maximum absolute atomic E-state index is 12.6. The van der Waals surface area contributed by atoms with Crippen molar-refractivity contribution < 1.29 is 4.92 Å². The van der Waals surface area contributed by atoms with E-state index in [4.69, 9.17) is 0 Å². The van der Waals surface area contributed by atoms with Crippen LogP contribution in [0.1, 0.15) is 17.2 Å². The molecule has 1 aliphatic rings. The summed E-state index contributed by atoms with van der Waals surface area (Å²) >= 11 is 3.42. The standard InChI is InChI=1S/C18H11BrN8O3/c19-11-6-4-9(5-7-11)16-13-14(10-2-1-3-12(8-10)27(29)30)21-22-17(28)15(13)20-18-23-24-25-26(16)18/h1-8,16H,(H,22,28)(H,20,23,25). The summed E-state index contributed by atoms with van der Waals surface area (Å²) in [5.41, 5.74) is 1.90. The molecule has 0 radical (unpaired) electrons. The maximum atomic E-state index is 12.6. The predicted molar refractivity (Wildman–Crippen MR) is 109 cm³/mol. The number of H-pyrrole nitrogens is 1. The number of hydrogen-bond donors (Lipinski definition) is 2. The molecule has 30 heavy (non-hydrogen) atoms. The molecule has 0 fully saturated rings. The topological polar surface area (TPSA) is 145 Å². The fraction of sp³-hybridized carbons (Fsp3) is 0.0556. The number of aromatic nitrogens is 6. The third-order valence-electron chi connectivity index (χ3n) is 4.78. The Morgan fingerprint density at radius 1 is 1.17 bits per heavy atom. The zero-order valence-corrected chi connectivity index (χ0v) is 16.6. The summed E-state index contributed by atoms with van der Waals surface area (Å²) in [5, 5.41) is 32.6. The first-order valence-corrected chi connectivity index (χ1v) is 9.50. The van der Waals surface area contributed by atoms with Gasteiger partial charge in [0.15, 0.2) is 0 Å². The van der Waals surface area contributed by atoms with Crippen LogP contribution in [0.2, 0.25) is 0 Å². The number of nitrogens with zero attached hydrogens (tertiary/aromatic N) is 6. The molecular weight excluding hydrogens is 456 g/mol. The lowest BCUT2D eigenvalue weighted by Gasteiger charge is -2.27. The van der Waals surface area contributed by atoms with E-state index in [-0.39, 0.29) is 11.4 Å². The van der Waals surface area contributed by atoms with Gasteiger partial charge in [0.1, 0.15) is 11.7 Å². The fourth-order valence-electron chi connectivity index (χ4n) is 3.48. The smallest absolute Gasteiger partial charge is 0.288 e. The summed E-state index contributed by atoms with van der Waals surface area (Å²) in [6.45, 7) is 0. The average molecular weight is 467 g/mol. The first kappa shape index (κ1) is 18.1. The summed E-state index contributed by atoms with van der Waals surface area (Å²) in [4.78, 5) is 23.4. The van der Waals surface area contributed by atoms with Crippen LogP contribution in [0.25, 0.3) is 11.3 Å². The second-order valence-electron chi connectivity index (χ2n) is 6.52. The van der Waals surface area contributed by atoms with Crippen LogP contribution in [-0.4, -0.2) is 35.3 Å². The lowest BCUT2D eigenvalue weighted by atomic mass is 9.92. The van der Waals surface area contributed by atoms with E-state index in [9.17, 15) is 14.9 Å². The third-order valence-corrected chi connectivity index (χ3v) is 5.31. The van der Waals surface area contributed by atoms with E-state index in [0.29, 0.717) is 22.8 Å². The second kappa shape index (κ2) is 6.84. The molecule has 1 unspecified atom stereocenters. The Labute approximate surface area is 176 Å². The van der Waals surface area contributed by atoms with Crippen molar-refractivity contribution in [3.63, 3.8) is 0 Å². The highest BCUT2D eigenvalue weighted by atomic mass is 79.9. The van der Waals surface area contributed by atoms with E-state index in [1.165, 1.54) is 12.1 Å². The number of nitro benzene ring substituents is 1. The zero-order chi connectivity index (χ0) is 20.8. The van der Waals surface area contributed by atoms with Crippen LogP contribution in [0, 0.1) is 10.1 Å². The van der Waals surface area contributed by atoms with E-state index < -0.39 is 16.5 Å². The van der Waals surface area contributed by atoms with Crippen molar-refractivity contribution in [1.82, 2.24) is 30.4 Å². The number of rotatable bonds is 3. The summed E-state index contributed by atoms with van der Waals surface area (Å²) in [6, 6.07) is 13.0. The lowest BCUT2D eigenvalue weighted by molar-refractivity contribution is -0.384. The Morgan fingerprint density at radius 2 is 1.97 bits per heavy atom. The molecule has 0 saturated heterocycles. The van der Waals surface area contributed by atoms with E-state index in [1.807, 2.05) is 24.3 Å². The molecule has 5 rings (SSSR count). The van der Waals surface area contributed by atoms with Gasteiger partial charge in [0.05, 0.1) is 10.6 Å². The molecule has 148 valence electrons. The highest BCUT2D eigenvalue weighted by Crippen LogP contribution is 2.41. The van der Waals surface area contributed by atoms with Gasteiger partial charge in [-0.1, -0.05) is 45.3 Å². The van der Waals surface area contributed by atoms with Crippen molar-refractivity contribution in [3.8, 4) is 11.3 Å². The summed E-state index contributed by atoms with van der Waals surface area (Å²) in [7, 11) is 0. The van der Waals surface area contributed by atoms with Crippen molar-refractivity contribution >= 4 is 33.3 Å². The number of benzene rings is 2. The second-order valence-corrected chi connectivity index (χ2v) is 7.44. The third kappa shape index (κ3) is 2.85. The fourth-order valence-corrected chi connectivity index (χ4v) is 3.74. The number of halogens is 1. The molecule has 11 nitrogen and oxygen atoms in total. The van der Waals surface area contributed by atoms with Crippen molar-refractivity contribution in [3.05, 3.63) is 84.6 Å². The minimum atomic E-state index is -0.566. The van der Waals surface area contributed by atoms with Crippen LogP contribution in [0.4, 0.5) is 17.3 Å².